The molecule has 1 saturated carbocycles. The van der Waals surface area contributed by atoms with E-state index >= 15 is 0 Å². The molecule has 1 aliphatic rings. The Kier molecular flexibility index (Phi) is 3.11. The Labute approximate surface area is 107 Å². The van der Waals surface area contributed by atoms with Gasteiger partial charge in [0.05, 0.1) is 0 Å². The maximum Gasteiger partial charge on any atom is 0.123 e. The topological polar surface area (TPSA) is 12.0 Å². The molecule has 1 N–H and O–H groups in total. The Balaban J connectivity index is 1.87. The zero-order valence-electron chi connectivity index (χ0n) is 10.2. The first-order valence-electron chi connectivity index (χ1n) is 6.40. The fraction of sp³-hybridized carbons (Fsp3) is 0.250. The van der Waals surface area contributed by atoms with E-state index < -0.39 is 0 Å². The van der Waals surface area contributed by atoms with Gasteiger partial charge in [-0.05, 0) is 41.7 Å². The van der Waals surface area contributed by atoms with Gasteiger partial charge in [0.2, 0.25) is 0 Å². The molecule has 2 aromatic carbocycles. The van der Waals surface area contributed by atoms with Gasteiger partial charge in [-0.15, -0.1) is 0 Å². The van der Waals surface area contributed by atoms with Crippen molar-refractivity contribution in [1.29, 1.82) is 0 Å². The third kappa shape index (κ3) is 2.59. The molecule has 0 aromatic heterocycles. The van der Waals surface area contributed by atoms with E-state index in [2.05, 4.69) is 23.5 Å². The summed E-state index contributed by atoms with van der Waals surface area (Å²) in [6, 6.07) is 15.7. The maximum atomic E-state index is 13.0. The summed E-state index contributed by atoms with van der Waals surface area (Å²) in [4.78, 5) is 0. The lowest BCUT2D eigenvalue weighted by Gasteiger charge is -2.10. The molecular formula is C16H16FN. The van der Waals surface area contributed by atoms with Gasteiger partial charge >= 0.3 is 0 Å². The van der Waals surface area contributed by atoms with Crippen molar-refractivity contribution in [2.24, 2.45) is 0 Å². The number of hydrogen-bond acceptors (Lipinski definition) is 1. The van der Waals surface area contributed by atoms with E-state index in [-0.39, 0.29) is 5.82 Å². The van der Waals surface area contributed by atoms with Gasteiger partial charge < -0.3 is 5.32 Å². The second-order valence-electron chi connectivity index (χ2n) is 4.82. The van der Waals surface area contributed by atoms with Crippen LogP contribution in [0.4, 0.5) is 4.39 Å². The van der Waals surface area contributed by atoms with E-state index in [0.717, 1.165) is 12.1 Å². The van der Waals surface area contributed by atoms with Crippen molar-refractivity contribution in [1.82, 2.24) is 5.32 Å². The molecule has 1 fully saturated rings. The van der Waals surface area contributed by atoms with Crippen LogP contribution in [0.5, 0.6) is 0 Å². The molecule has 92 valence electrons. The van der Waals surface area contributed by atoms with Crippen molar-refractivity contribution in [2.45, 2.75) is 25.4 Å². The molecule has 0 heterocycles. The summed E-state index contributed by atoms with van der Waals surface area (Å²) >= 11 is 0. The predicted octanol–water partition coefficient (Wildman–Crippen LogP) is 3.74. The molecule has 3 rings (SSSR count). The largest absolute Gasteiger partial charge is 0.310 e. The third-order valence-electron chi connectivity index (χ3n) is 3.33. The third-order valence-corrected chi connectivity index (χ3v) is 3.33. The summed E-state index contributed by atoms with van der Waals surface area (Å²) in [5.74, 6) is -0.188. The first-order chi connectivity index (χ1) is 8.83. The smallest absolute Gasteiger partial charge is 0.123 e. The lowest BCUT2D eigenvalue weighted by molar-refractivity contribution is 0.628. The monoisotopic (exact) mass is 241 g/mol. The Morgan fingerprint density at radius 2 is 1.72 bits per heavy atom. The van der Waals surface area contributed by atoms with Gasteiger partial charge in [-0.1, -0.05) is 36.4 Å². The van der Waals surface area contributed by atoms with Crippen LogP contribution in [0, 0.1) is 5.82 Å². The number of nitrogens with one attached hydrogen (secondary N) is 1. The predicted molar refractivity (Wildman–Crippen MR) is 71.7 cm³/mol. The van der Waals surface area contributed by atoms with E-state index in [1.165, 1.54) is 36.1 Å². The first kappa shape index (κ1) is 11.4. The van der Waals surface area contributed by atoms with Crippen LogP contribution in [0.2, 0.25) is 0 Å². The van der Waals surface area contributed by atoms with Crippen molar-refractivity contribution in [3.8, 4) is 11.1 Å². The number of benzene rings is 2. The highest BCUT2D eigenvalue weighted by molar-refractivity contribution is 5.67. The van der Waals surface area contributed by atoms with Crippen molar-refractivity contribution >= 4 is 0 Å². The van der Waals surface area contributed by atoms with Crippen LogP contribution < -0.4 is 5.32 Å². The molecule has 0 aliphatic heterocycles. The standard InChI is InChI=1S/C16H16FN/c17-14-7-5-12(6-8-14)16-4-2-1-3-13(16)11-18-15-9-10-15/h1-8,15,18H,9-11H2. The average molecular weight is 241 g/mol. The molecule has 1 aliphatic carbocycles. The van der Waals surface area contributed by atoms with E-state index in [1.807, 2.05) is 18.2 Å². The Morgan fingerprint density at radius 3 is 2.44 bits per heavy atom. The van der Waals surface area contributed by atoms with Crippen LogP contribution in [0.3, 0.4) is 0 Å². The van der Waals surface area contributed by atoms with Crippen LogP contribution in [-0.2, 0) is 6.54 Å². The summed E-state index contributed by atoms with van der Waals surface area (Å²) in [6.45, 7) is 0.887. The quantitative estimate of drug-likeness (QED) is 0.859. The summed E-state index contributed by atoms with van der Waals surface area (Å²) in [6.07, 6.45) is 2.58. The minimum atomic E-state index is -0.188. The van der Waals surface area contributed by atoms with Gasteiger partial charge in [0.15, 0.2) is 0 Å². The molecule has 1 nitrogen and oxygen atoms in total. The van der Waals surface area contributed by atoms with Gasteiger partial charge in [-0.25, -0.2) is 4.39 Å². The molecule has 18 heavy (non-hydrogen) atoms. The van der Waals surface area contributed by atoms with Crippen LogP contribution in [-0.4, -0.2) is 6.04 Å². The van der Waals surface area contributed by atoms with E-state index in [9.17, 15) is 4.39 Å². The Hall–Kier alpha value is -1.67. The van der Waals surface area contributed by atoms with Gasteiger partial charge in [-0.3, -0.25) is 0 Å². The molecule has 2 aromatic rings. The minimum Gasteiger partial charge on any atom is -0.310 e. The van der Waals surface area contributed by atoms with E-state index in [0.29, 0.717) is 6.04 Å². The fourth-order valence-corrected chi connectivity index (χ4v) is 2.13. The highest BCUT2D eigenvalue weighted by Gasteiger charge is 2.20. The van der Waals surface area contributed by atoms with Crippen molar-refractivity contribution in [3.63, 3.8) is 0 Å². The number of halogens is 1. The first-order valence-corrected chi connectivity index (χ1v) is 6.40. The normalized spacial score (nSPS) is 14.7. The van der Waals surface area contributed by atoms with Crippen LogP contribution in [0.1, 0.15) is 18.4 Å². The molecule has 2 heteroatoms. The summed E-state index contributed by atoms with van der Waals surface area (Å²) in [7, 11) is 0. The fourth-order valence-electron chi connectivity index (χ4n) is 2.13. The zero-order chi connectivity index (χ0) is 12.4. The van der Waals surface area contributed by atoms with Crippen LogP contribution >= 0.6 is 0 Å². The van der Waals surface area contributed by atoms with Gasteiger partial charge in [0, 0.05) is 12.6 Å². The van der Waals surface area contributed by atoms with Gasteiger partial charge in [-0.2, -0.15) is 0 Å². The molecule has 0 radical (unpaired) electrons. The number of rotatable bonds is 4. The van der Waals surface area contributed by atoms with Crippen LogP contribution in [0.25, 0.3) is 11.1 Å². The van der Waals surface area contributed by atoms with Crippen molar-refractivity contribution < 1.29 is 4.39 Å². The number of hydrogen-bond donors (Lipinski definition) is 1. The second kappa shape index (κ2) is 4.91. The summed E-state index contributed by atoms with van der Waals surface area (Å²) in [5.41, 5.74) is 3.53. The minimum absolute atomic E-state index is 0.188. The van der Waals surface area contributed by atoms with Gasteiger partial charge in [0.25, 0.3) is 0 Å². The van der Waals surface area contributed by atoms with Crippen molar-refractivity contribution in [2.75, 3.05) is 0 Å². The molecule has 0 atom stereocenters. The lowest BCUT2D eigenvalue weighted by Crippen LogP contribution is -2.15. The molecule has 0 saturated heterocycles. The second-order valence-corrected chi connectivity index (χ2v) is 4.82. The summed E-state index contributed by atoms with van der Waals surface area (Å²) < 4.78 is 13.0. The molecule has 0 spiro atoms. The molecular weight excluding hydrogens is 225 g/mol. The Bertz CT molecular complexity index is 529. The zero-order valence-corrected chi connectivity index (χ0v) is 10.2. The van der Waals surface area contributed by atoms with Crippen molar-refractivity contribution in [3.05, 3.63) is 59.9 Å². The molecule has 0 bridgehead atoms. The van der Waals surface area contributed by atoms with E-state index in [1.54, 1.807) is 0 Å². The SMILES string of the molecule is Fc1ccc(-c2ccccc2CNC2CC2)cc1. The van der Waals surface area contributed by atoms with E-state index in [4.69, 9.17) is 0 Å². The summed E-state index contributed by atoms with van der Waals surface area (Å²) in [5, 5.41) is 3.52. The maximum absolute atomic E-state index is 13.0. The van der Waals surface area contributed by atoms with Gasteiger partial charge in [0.1, 0.15) is 5.82 Å². The van der Waals surface area contributed by atoms with Crippen LogP contribution in [0.15, 0.2) is 48.5 Å². The Morgan fingerprint density at radius 1 is 1.00 bits per heavy atom. The lowest BCUT2D eigenvalue weighted by atomic mass is 9.99. The highest BCUT2D eigenvalue weighted by Crippen LogP contribution is 2.25. The molecule has 0 unspecified atom stereocenters. The average Bonchev–Trinajstić information content (AvgIpc) is 3.22. The highest BCUT2D eigenvalue weighted by atomic mass is 19.1. The molecule has 0 amide bonds.